The number of rotatable bonds is 5. The molecule has 0 saturated carbocycles. The average Bonchev–Trinajstić information content (AvgIpc) is 2.48. The molecule has 0 radical (unpaired) electrons. The minimum Gasteiger partial charge on any atom is -0.254 e. The monoisotopic (exact) mass is 305 g/mol. The predicted octanol–water partition coefficient (Wildman–Crippen LogP) is 3.51. The van der Waals surface area contributed by atoms with Crippen LogP contribution in [0.1, 0.15) is 5.56 Å². The van der Waals surface area contributed by atoms with Crippen molar-refractivity contribution in [3.63, 3.8) is 0 Å². The average molecular weight is 305 g/mol. The molecule has 0 bridgehead atoms. The van der Waals surface area contributed by atoms with E-state index in [1.807, 2.05) is 13.0 Å². The first-order chi connectivity index (χ1) is 10.0. The van der Waals surface area contributed by atoms with Crippen LogP contribution >= 0.6 is 0 Å². The summed E-state index contributed by atoms with van der Waals surface area (Å²) >= 11 is 0. The Morgan fingerprint density at radius 1 is 1.05 bits per heavy atom. The van der Waals surface area contributed by atoms with Crippen LogP contribution in [0, 0.1) is 6.92 Å². The molecule has 0 spiro atoms. The van der Waals surface area contributed by atoms with Gasteiger partial charge in [-0.25, -0.2) is 12.8 Å². The van der Waals surface area contributed by atoms with E-state index in [-0.39, 0.29) is 10.6 Å². The number of nitrogens with zero attached hydrogens (tertiary/aromatic N) is 1. The summed E-state index contributed by atoms with van der Waals surface area (Å²) in [6.07, 6.45) is 0. The molecule has 110 valence electrons. The Morgan fingerprint density at radius 2 is 1.67 bits per heavy atom. The van der Waals surface area contributed by atoms with E-state index in [1.54, 1.807) is 36.4 Å². The van der Waals surface area contributed by atoms with Crippen molar-refractivity contribution >= 4 is 21.2 Å². The lowest BCUT2D eigenvalue weighted by Crippen LogP contribution is -2.17. The first kappa shape index (κ1) is 15.4. The maximum absolute atomic E-state index is 13.1. The van der Waals surface area contributed by atoms with Crippen molar-refractivity contribution in [2.45, 2.75) is 11.8 Å². The lowest BCUT2D eigenvalue weighted by molar-refractivity contribution is 0.576. The minimum atomic E-state index is -3.58. The topological polar surface area (TPSA) is 46.5 Å². The summed E-state index contributed by atoms with van der Waals surface area (Å²) in [4.78, 5) is 4.25. The van der Waals surface area contributed by atoms with Crippen LogP contribution in [0.3, 0.4) is 0 Å². The van der Waals surface area contributed by atoms with Crippen LogP contribution in [0.5, 0.6) is 0 Å². The van der Waals surface area contributed by atoms with Gasteiger partial charge in [-0.05, 0) is 31.2 Å². The summed E-state index contributed by atoms with van der Waals surface area (Å²) in [7, 11) is -3.58. The smallest absolute Gasteiger partial charge is 0.183 e. The second-order valence-electron chi connectivity index (χ2n) is 4.72. The van der Waals surface area contributed by atoms with Gasteiger partial charge in [0.15, 0.2) is 9.84 Å². The molecule has 0 N–H and O–H groups in total. The number of hydrogen-bond acceptors (Lipinski definition) is 3. The third kappa shape index (κ3) is 4.23. The van der Waals surface area contributed by atoms with Gasteiger partial charge in [0.25, 0.3) is 0 Å². The maximum Gasteiger partial charge on any atom is 0.183 e. The first-order valence-electron chi connectivity index (χ1n) is 6.48. The summed E-state index contributed by atoms with van der Waals surface area (Å²) in [5.74, 6) is -0.415. The van der Waals surface area contributed by atoms with E-state index < -0.39 is 22.3 Å². The van der Waals surface area contributed by atoms with E-state index in [2.05, 4.69) is 4.99 Å². The van der Waals surface area contributed by atoms with Gasteiger partial charge in [-0.2, -0.15) is 0 Å². The third-order valence-electron chi connectivity index (χ3n) is 2.93. The van der Waals surface area contributed by atoms with E-state index in [1.165, 1.54) is 12.1 Å². The van der Waals surface area contributed by atoms with Crippen LogP contribution in [-0.2, 0) is 9.84 Å². The summed E-state index contributed by atoms with van der Waals surface area (Å²) in [5.41, 5.74) is 1.52. The van der Waals surface area contributed by atoms with Gasteiger partial charge in [0.05, 0.1) is 22.0 Å². The molecule has 0 heterocycles. The largest absolute Gasteiger partial charge is 0.254 e. The summed E-state index contributed by atoms with van der Waals surface area (Å²) in [6.45, 7) is 0.986. The Bertz CT molecular complexity index is 723. The Labute approximate surface area is 124 Å². The van der Waals surface area contributed by atoms with Gasteiger partial charge in [0.2, 0.25) is 0 Å². The molecule has 2 aromatic rings. The van der Waals surface area contributed by atoms with Crippen molar-refractivity contribution in [3.8, 4) is 0 Å². The highest BCUT2D eigenvalue weighted by Gasteiger charge is 2.17. The van der Waals surface area contributed by atoms with Crippen molar-refractivity contribution < 1.29 is 12.8 Å². The van der Waals surface area contributed by atoms with Crippen LogP contribution in [0.15, 0.2) is 64.5 Å². The quantitative estimate of drug-likeness (QED) is 0.794. The van der Waals surface area contributed by atoms with Crippen LogP contribution < -0.4 is 0 Å². The summed E-state index contributed by atoms with van der Waals surface area (Å²) < 4.78 is 37.6. The normalized spacial score (nSPS) is 12.4. The van der Waals surface area contributed by atoms with E-state index in [9.17, 15) is 12.8 Å². The van der Waals surface area contributed by atoms with Crippen molar-refractivity contribution in [2.24, 2.45) is 4.99 Å². The molecule has 0 unspecified atom stereocenters. The van der Waals surface area contributed by atoms with Crippen molar-refractivity contribution in [1.29, 1.82) is 0 Å². The molecule has 0 aromatic heterocycles. The number of halogens is 1. The molecule has 0 aliphatic rings. The van der Waals surface area contributed by atoms with Crippen LogP contribution in [0.4, 0.5) is 10.1 Å². The zero-order valence-electron chi connectivity index (χ0n) is 11.7. The summed E-state index contributed by atoms with van der Waals surface area (Å²) in [5, 5.41) is 0. The van der Waals surface area contributed by atoms with Crippen LogP contribution in [0.25, 0.3) is 0 Å². The molecule has 0 aliphatic heterocycles. The molecule has 0 fully saturated rings. The maximum atomic E-state index is 13.1. The lowest BCUT2D eigenvalue weighted by atomic mass is 10.2. The number of alkyl halides is 1. The highest BCUT2D eigenvalue weighted by Crippen LogP contribution is 2.15. The molecule has 21 heavy (non-hydrogen) atoms. The molecule has 0 atom stereocenters. The number of sulfone groups is 1. The summed E-state index contributed by atoms with van der Waals surface area (Å²) in [6, 6.07) is 15.3. The van der Waals surface area contributed by atoms with E-state index in [4.69, 9.17) is 0 Å². The van der Waals surface area contributed by atoms with Crippen LogP contribution in [-0.4, -0.2) is 26.6 Å². The molecule has 2 aromatic carbocycles. The molecule has 0 amide bonds. The lowest BCUT2D eigenvalue weighted by Gasteiger charge is -2.06. The number of benzene rings is 2. The minimum absolute atomic E-state index is 0.00164. The highest BCUT2D eigenvalue weighted by molar-refractivity contribution is 7.92. The molecular weight excluding hydrogens is 289 g/mol. The van der Waals surface area contributed by atoms with Crippen molar-refractivity contribution in [1.82, 2.24) is 0 Å². The van der Waals surface area contributed by atoms with Crippen molar-refractivity contribution in [2.75, 3.05) is 12.4 Å². The third-order valence-corrected chi connectivity index (χ3v) is 4.64. The highest BCUT2D eigenvalue weighted by atomic mass is 32.2. The van der Waals surface area contributed by atoms with Gasteiger partial charge >= 0.3 is 0 Å². The Balaban J connectivity index is 2.25. The van der Waals surface area contributed by atoms with Gasteiger partial charge in [-0.3, -0.25) is 4.99 Å². The van der Waals surface area contributed by atoms with Gasteiger partial charge in [-0.1, -0.05) is 35.9 Å². The number of aryl methyl sites for hydroxylation is 1. The fourth-order valence-electron chi connectivity index (χ4n) is 1.83. The first-order valence-corrected chi connectivity index (χ1v) is 8.13. The fraction of sp³-hybridized carbons (Fsp3) is 0.188. The molecule has 2 rings (SSSR count). The molecule has 0 aliphatic carbocycles. The van der Waals surface area contributed by atoms with Crippen LogP contribution in [0.2, 0.25) is 0 Å². The predicted molar refractivity (Wildman–Crippen MR) is 82.7 cm³/mol. The Hall–Kier alpha value is -2.01. The van der Waals surface area contributed by atoms with E-state index in [0.717, 1.165) is 5.56 Å². The molecule has 3 nitrogen and oxygen atoms in total. The fourth-order valence-corrected chi connectivity index (χ4v) is 3.13. The number of hydrogen-bond donors (Lipinski definition) is 0. The zero-order chi connectivity index (χ0) is 15.3. The number of aliphatic imine (C=N–C) groups is 1. The second kappa shape index (κ2) is 6.63. The SMILES string of the molecule is Cc1ccc(S(=O)(=O)CC(CF)=Nc2ccccc2)cc1. The van der Waals surface area contributed by atoms with Gasteiger partial charge < -0.3 is 0 Å². The Morgan fingerprint density at radius 3 is 2.24 bits per heavy atom. The number of para-hydroxylation sites is 1. The van der Waals surface area contributed by atoms with Gasteiger partial charge in [-0.15, -0.1) is 0 Å². The Kier molecular flexibility index (Phi) is 4.85. The van der Waals surface area contributed by atoms with E-state index in [0.29, 0.717) is 5.69 Å². The van der Waals surface area contributed by atoms with Gasteiger partial charge in [0, 0.05) is 0 Å². The van der Waals surface area contributed by atoms with Crippen molar-refractivity contribution in [3.05, 3.63) is 60.2 Å². The molecular formula is C16H16FNO2S. The molecule has 0 saturated heterocycles. The van der Waals surface area contributed by atoms with E-state index >= 15 is 0 Å². The second-order valence-corrected chi connectivity index (χ2v) is 6.71. The standard InChI is InChI=1S/C16H16FNO2S/c1-13-7-9-16(10-8-13)21(19,20)12-15(11-17)18-14-5-3-2-4-6-14/h2-10H,11-12H2,1H3. The zero-order valence-corrected chi connectivity index (χ0v) is 12.5. The molecule has 5 heteroatoms. The van der Waals surface area contributed by atoms with Gasteiger partial charge in [0.1, 0.15) is 6.67 Å².